The summed E-state index contributed by atoms with van der Waals surface area (Å²) in [5.74, 6) is -0.197. The van der Waals surface area contributed by atoms with Gasteiger partial charge in [-0.15, -0.1) is 0 Å². The number of amides is 1. The van der Waals surface area contributed by atoms with E-state index in [1.54, 1.807) is 22.7 Å². The summed E-state index contributed by atoms with van der Waals surface area (Å²) < 4.78 is 1.77. The molecule has 0 atom stereocenters. The number of hydrogen-bond acceptors (Lipinski definition) is 6. The average molecular weight is 432 g/mol. The number of nitrogens with one attached hydrogen (secondary N) is 3. The molecular weight excluding hydrogens is 412 g/mol. The van der Waals surface area contributed by atoms with Gasteiger partial charge in [0.05, 0.1) is 27.2 Å². The molecule has 4 aromatic rings. The number of piperidine rings is 1. The fourth-order valence-electron chi connectivity index (χ4n) is 4.23. The first-order valence-corrected chi connectivity index (χ1v) is 10.3. The minimum atomic E-state index is -0.516. The van der Waals surface area contributed by atoms with E-state index in [-0.39, 0.29) is 22.7 Å². The summed E-state index contributed by atoms with van der Waals surface area (Å²) in [6, 6.07) is 12.3. The molecule has 3 heterocycles. The van der Waals surface area contributed by atoms with Crippen molar-refractivity contribution in [3.8, 4) is 0 Å². The van der Waals surface area contributed by atoms with E-state index in [0.717, 1.165) is 31.6 Å². The smallest absolute Gasteiger partial charge is 0.269 e. The number of non-ortho nitro benzene ring substituents is 1. The zero-order chi connectivity index (χ0) is 22.2. The number of rotatable bonds is 4. The molecule has 2 aromatic heterocycles. The summed E-state index contributed by atoms with van der Waals surface area (Å²) in [5.41, 5.74) is 2.50. The van der Waals surface area contributed by atoms with Crippen LogP contribution in [0.15, 0.2) is 53.3 Å². The highest BCUT2D eigenvalue weighted by molar-refractivity contribution is 6.11. The number of benzene rings is 2. The van der Waals surface area contributed by atoms with Crippen LogP contribution in [-0.2, 0) is 0 Å². The summed E-state index contributed by atoms with van der Waals surface area (Å²) in [6.07, 6.45) is 1.83. The van der Waals surface area contributed by atoms with Crippen molar-refractivity contribution in [1.82, 2.24) is 19.9 Å². The van der Waals surface area contributed by atoms with Gasteiger partial charge in [0, 0.05) is 29.7 Å². The van der Waals surface area contributed by atoms with Gasteiger partial charge in [-0.25, -0.2) is 4.52 Å². The van der Waals surface area contributed by atoms with Gasteiger partial charge < -0.3 is 15.6 Å². The number of nitro benzene ring substituents is 1. The highest BCUT2D eigenvalue weighted by Crippen LogP contribution is 2.30. The molecule has 0 bridgehead atoms. The number of anilines is 1. The number of nitrogens with zero attached hydrogens (tertiary/aromatic N) is 3. The largest absolute Gasteiger partial charge is 0.321 e. The average Bonchev–Trinajstić information content (AvgIpc) is 3.18. The maximum Gasteiger partial charge on any atom is 0.269 e. The lowest BCUT2D eigenvalue weighted by atomic mass is 9.94. The lowest BCUT2D eigenvalue weighted by Gasteiger charge is -2.23. The van der Waals surface area contributed by atoms with Gasteiger partial charge in [-0.1, -0.05) is 6.07 Å². The third kappa shape index (κ3) is 3.50. The summed E-state index contributed by atoms with van der Waals surface area (Å²) in [6.45, 7) is 1.77. The van der Waals surface area contributed by atoms with Gasteiger partial charge in [0.1, 0.15) is 5.65 Å². The van der Waals surface area contributed by atoms with Crippen LogP contribution in [0, 0.1) is 10.1 Å². The molecular formula is C22H20N6O4. The predicted octanol–water partition coefficient (Wildman–Crippen LogP) is 2.80. The second-order valence-corrected chi connectivity index (χ2v) is 7.80. The molecule has 10 nitrogen and oxygen atoms in total. The van der Waals surface area contributed by atoms with Crippen molar-refractivity contribution in [2.75, 3.05) is 18.4 Å². The summed E-state index contributed by atoms with van der Waals surface area (Å²) in [7, 11) is 0. The van der Waals surface area contributed by atoms with Gasteiger partial charge in [0.25, 0.3) is 17.2 Å². The number of H-pyrrole nitrogens is 1. The Morgan fingerprint density at radius 3 is 2.62 bits per heavy atom. The van der Waals surface area contributed by atoms with E-state index < -0.39 is 10.8 Å². The molecule has 1 aliphatic rings. The van der Waals surface area contributed by atoms with E-state index in [2.05, 4.69) is 15.6 Å². The van der Waals surface area contributed by atoms with Crippen LogP contribution in [-0.4, -0.2) is 38.5 Å². The Balaban J connectivity index is 1.57. The van der Waals surface area contributed by atoms with E-state index in [1.165, 1.54) is 24.3 Å². The van der Waals surface area contributed by atoms with Crippen LogP contribution < -0.4 is 16.2 Å². The van der Waals surface area contributed by atoms with E-state index in [1.807, 2.05) is 6.07 Å². The molecule has 0 spiro atoms. The molecule has 10 heteroatoms. The molecule has 2 aromatic carbocycles. The van der Waals surface area contributed by atoms with Crippen LogP contribution >= 0.6 is 0 Å². The Hall–Kier alpha value is -4.05. The number of carbonyl (C=O) groups excluding carboxylic acids is 1. The minimum absolute atomic E-state index is 0.0886. The van der Waals surface area contributed by atoms with E-state index in [0.29, 0.717) is 22.2 Å². The lowest BCUT2D eigenvalue weighted by molar-refractivity contribution is -0.384. The number of aromatic nitrogens is 3. The monoisotopic (exact) mass is 432 g/mol. The van der Waals surface area contributed by atoms with E-state index in [4.69, 9.17) is 5.10 Å². The lowest BCUT2D eigenvalue weighted by Crippen LogP contribution is -2.28. The molecule has 0 radical (unpaired) electrons. The molecule has 1 amide bonds. The second kappa shape index (κ2) is 7.89. The van der Waals surface area contributed by atoms with Gasteiger partial charge >= 0.3 is 0 Å². The van der Waals surface area contributed by atoms with Crippen molar-refractivity contribution in [1.29, 1.82) is 0 Å². The molecule has 0 saturated carbocycles. The van der Waals surface area contributed by atoms with Crippen molar-refractivity contribution in [3.63, 3.8) is 0 Å². The topological polar surface area (TPSA) is 134 Å². The molecule has 1 fully saturated rings. The highest BCUT2D eigenvalue weighted by atomic mass is 16.6. The number of fused-ring (bicyclic) bond motifs is 3. The van der Waals surface area contributed by atoms with Crippen molar-refractivity contribution < 1.29 is 9.72 Å². The Bertz CT molecular complexity index is 1400. The summed E-state index contributed by atoms with van der Waals surface area (Å²) in [4.78, 5) is 38.5. The molecule has 3 N–H and O–H groups in total. The first-order chi connectivity index (χ1) is 15.5. The highest BCUT2D eigenvalue weighted by Gasteiger charge is 2.22. The van der Waals surface area contributed by atoms with Crippen molar-refractivity contribution in [2.45, 2.75) is 18.8 Å². The fourth-order valence-corrected chi connectivity index (χ4v) is 4.23. The third-order valence-electron chi connectivity index (χ3n) is 5.81. The van der Waals surface area contributed by atoms with Gasteiger partial charge in [0.15, 0.2) is 0 Å². The van der Waals surface area contributed by atoms with Crippen LogP contribution in [0.25, 0.3) is 16.6 Å². The third-order valence-corrected chi connectivity index (χ3v) is 5.81. The second-order valence-electron chi connectivity index (χ2n) is 7.80. The first-order valence-electron chi connectivity index (χ1n) is 10.3. The minimum Gasteiger partial charge on any atom is -0.321 e. The van der Waals surface area contributed by atoms with E-state index >= 15 is 0 Å². The van der Waals surface area contributed by atoms with Crippen molar-refractivity contribution in [3.05, 3.63) is 80.3 Å². The number of hydrogen-bond donors (Lipinski definition) is 3. The quantitative estimate of drug-likeness (QED) is 0.335. The van der Waals surface area contributed by atoms with Crippen LogP contribution in [0.4, 0.5) is 11.4 Å². The predicted molar refractivity (Wildman–Crippen MR) is 119 cm³/mol. The number of aromatic amines is 1. The summed E-state index contributed by atoms with van der Waals surface area (Å²) in [5, 5.41) is 22.4. The zero-order valence-corrected chi connectivity index (χ0v) is 17.0. The Kier molecular flexibility index (Phi) is 4.91. The SMILES string of the molecule is O=C(Nc1cccc2nn3c(C4CCNCC4)cc(=O)[nH]c3c12)c1ccc([N+](=O)[O-])cc1. The summed E-state index contributed by atoms with van der Waals surface area (Å²) >= 11 is 0. The fraction of sp³-hybridized carbons (Fsp3) is 0.227. The van der Waals surface area contributed by atoms with Gasteiger partial charge in [-0.05, 0) is 50.2 Å². The van der Waals surface area contributed by atoms with Crippen molar-refractivity contribution in [2.24, 2.45) is 0 Å². The van der Waals surface area contributed by atoms with Crippen molar-refractivity contribution >= 4 is 33.8 Å². The van der Waals surface area contributed by atoms with Crippen LogP contribution in [0.5, 0.6) is 0 Å². The maximum absolute atomic E-state index is 12.8. The normalized spacial score (nSPS) is 14.6. The molecule has 0 unspecified atom stereocenters. The van der Waals surface area contributed by atoms with E-state index in [9.17, 15) is 19.7 Å². The van der Waals surface area contributed by atoms with Crippen LogP contribution in [0.1, 0.15) is 34.8 Å². The number of carbonyl (C=O) groups is 1. The molecule has 1 aliphatic heterocycles. The molecule has 0 aliphatic carbocycles. The molecule has 32 heavy (non-hydrogen) atoms. The molecule has 162 valence electrons. The van der Waals surface area contributed by atoms with Crippen LogP contribution in [0.2, 0.25) is 0 Å². The zero-order valence-electron chi connectivity index (χ0n) is 17.0. The van der Waals surface area contributed by atoms with Gasteiger partial charge in [-0.3, -0.25) is 19.7 Å². The molecule has 1 saturated heterocycles. The molecule has 5 rings (SSSR count). The first kappa shape index (κ1) is 19.9. The Morgan fingerprint density at radius 2 is 1.91 bits per heavy atom. The van der Waals surface area contributed by atoms with Gasteiger partial charge in [0.2, 0.25) is 0 Å². The van der Waals surface area contributed by atoms with Crippen LogP contribution in [0.3, 0.4) is 0 Å². The maximum atomic E-state index is 12.8. The van der Waals surface area contributed by atoms with Gasteiger partial charge in [-0.2, -0.15) is 5.10 Å². The Morgan fingerprint density at radius 1 is 1.16 bits per heavy atom. The number of nitro groups is 1. The standard InChI is InChI=1S/C22H20N6O4/c29-19-12-18(13-8-10-23-11-9-13)27-21(25-19)20-16(2-1-3-17(20)26-27)24-22(30)14-4-6-15(7-5-14)28(31)32/h1-7,12-13,23H,8-11H2,(H,24,30)(H,25,29). The Labute approximate surface area is 181 Å².